The molecule has 118 valence electrons. The number of nitrogens with one attached hydrogen (secondary N) is 1. The Morgan fingerprint density at radius 1 is 1.19 bits per heavy atom. The zero-order valence-electron chi connectivity index (χ0n) is 12.9. The van der Waals surface area contributed by atoms with E-state index in [1.165, 1.54) is 57.2 Å². The predicted octanol–water partition coefficient (Wildman–Crippen LogP) is 3.91. The van der Waals surface area contributed by atoms with E-state index in [1.807, 2.05) is 0 Å². The highest BCUT2D eigenvalue weighted by atomic mass is 16.4. The molecule has 0 unspecified atom stereocenters. The molecule has 1 aromatic heterocycles. The van der Waals surface area contributed by atoms with E-state index in [9.17, 15) is 4.79 Å². The Morgan fingerprint density at radius 3 is 2.38 bits per heavy atom. The third-order valence-electron chi connectivity index (χ3n) is 3.49. The first-order chi connectivity index (χ1) is 10.1. The van der Waals surface area contributed by atoms with Crippen molar-refractivity contribution in [1.29, 1.82) is 0 Å². The molecule has 0 aliphatic carbocycles. The van der Waals surface area contributed by atoms with Gasteiger partial charge in [-0.1, -0.05) is 51.9 Å². The fraction of sp³-hybridized carbons (Fsp3) is 0.625. The molecule has 0 fully saturated rings. The summed E-state index contributed by atoms with van der Waals surface area (Å²) in [6.07, 6.45) is 11.5. The number of nitrogens with two attached hydrogens (primary N) is 1. The van der Waals surface area contributed by atoms with Crippen LogP contribution in [0.25, 0.3) is 0 Å². The summed E-state index contributed by atoms with van der Waals surface area (Å²) in [5, 5.41) is 12.0. The van der Waals surface area contributed by atoms with Gasteiger partial charge in [0.15, 0.2) is 0 Å². The molecule has 0 aromatic carbocycles. The van der Waals surface area contributed by atoms with Gasteiger partial charge in [0, 0.05) is 12.7 Å². The Balaban J connectivity index is 2.14. The maximum atomic E-state index is 10.8. The highest BCUT2D eigenvalue weighted by molar-refractivity contribution is 5.89. The number of rotatable bonds is 11. The monoisotopic (exact) mass is 293 g/mol. The van der Waals surface area contributed by atoms with Gasteiger partial charge in [0.05, 0.1) is 11.3 Å². The van der Waals surface area contributed by atoms with Crippen molar-refractivity contribution in [3.05, 3.63) is 17.8 Å². The third kappa shape index (κ3) is 6.97. The fourth-order valence-corrected chi connectivity index (χ4v) is 2.21. The van der Waals surface area contributed by atoms with Gasteiger partial charge in [0.25, 0.3) is 0 Å². The number of carboxylic acid groups (broad SMARTS) is 1. The van der Waals surface area contributed by atoms with Crippen LogP contribution in [0.5, 0.6) is 0 Å². The van der Waals surface area contributed by atoms with Crippen LogP contribution in [0.3, 0.4) is 0 Å². The summed E-state index contributed by atoms with van der Waals surface area (Å²) in [5.74, 6) is -0.438. The number of unbranched alkanes of at least 4 members (excludes halogenated alkanes) is 7. The van der Waals surface area contributed by atoms with Gasteiger partial charge >= 0.3 is 5.97 Å². The van der Waals surface area contributed by atoms with E-state index in [0.29, 0.717) is 11.5 Å². The van der Waals surface area contributed by atoms with Gasteiger partial charge < -0.3 is 16.2 Å². The SMILES string of the molecule is CCCCCCCCCCNc1ncc(C(=O)O)cc1N. The lowest BCUT2D eigenvalue weighted by atomic mass is 10.1. The normalized spacial score (nSPS) is 10.5. The summed E-state index contributed by atoms with van der Waals surface area (Å²) in [6, 6.07) is 1.44. The van der Waals surface area contributed by atoms with Gasteiger partial charge in [-0.05, 0) is 12.5 Å². The van der Waals surface area contributed by atoms with Crippen LogP contribution >= 0.6 is 0 Å². The van der Waals surface area contributed by atoms with Crippen molar-refractivity contribution in [1.82, 2.24) is 4.98 Å². The Morgan fingerprint density at radius 2 is 1.81 bits per heavy atom. The molecule has 0 radical (unpaired) electrons. The molecule has 0 aliphatic heterocycles. The highest BCUT2D eigenvalue weighted by Crippen LogP contribution is 2.16. The highest BCUT2D eigenvalue weighted by Gasteiger charge is 2.07. The number of carboxylic acids is 1. The number of hydrogen-bond donors (Lipinski definition) is 3. The molecule has 4 N–H and O–H groups in total. The average molecular weight is 293 g/mol. The Hall–Kier alpha value is -1.78. The van der Waals surface area contributed by atoms with Crippen molar-refractivity contribution in [2.24, 2.45) is 0 Å². The van der Waals surface area contributed by atoms with Gasteiger partial charge in [0.2, 0.25) is 0 Å². The zero-order valence-corrected chi connectivity index (χ0v) is 12.9. The molecule has 0 saturated carbocycles. The van der Waals surface area contributed by atoms with Gasteiger partial charge in [-0.25, -0.2) is 9.78 Å². The fourth-order valence-electron chi connectivity index (χ4n) is 2.21. The van der Waals surface area contributed by atoms with E-state index in [-0.39, 0.29) is 5.56 Å². The first-order valence-corrected chi connectivity index (χ1v) is 7.87. The Kier molecular flexibility index (Phi) is 8.24. The van der Waals surface area contributed by atoms with Gasteiger partial charge in [0.1, 0.15) is 5.82 Å². The second-order valence-corrected chi connectivity index (χ2v) is 5.37. The van der Waals surface area contributed by atoms with Crippen molar-refractivity contribution < 1.29 is 9.90 Å². The van der Waals surface area contributed by atoms with Crippen LogP contribution in [0, 0.1) is 0 Å². The van der Waals surface area contributed by atoms with Crippen molar-refractivity contribution in [3.63, 3.8) is 0 Å². The summed E-state index contributed by atoms with van der Waals surface area (Å²) in [5.41, 5.74) is 6.28. The molecule has 0 spiro atoms. The second kappa shape index (κ2) is 10.0. The van der Waals surface area contributed by atoms with Crippen LogP contribution in [0.15, 0.2) is 12.3 Å². The van der Waals surface area contributed by atoms with Crippen LogP contribution in [0.1, 0.15) is 68.6 Å². The van der Waals surface area contributed by atoms with Crippen molar-refractivity contribution in [2.45, 2.75) is 58.3 Å². The van der Waals surface area contributed by atoms with Gasteiger partial charge in [-0.3, -0.25) is 0 Å². The first-order valence-electron chi connectivity index (χ1n) is 7.87. The molecule has 21 heavy (non-hydrogen) atoms. The minimum absolute atomic E-state index is 0.116. The molecule has 0 amide bonds. The van der Waals surface area contributed by atoms with Crippen LogP contribution in [0.2, 0.25) is 0 Å². The van der Waals surface area contributed by atoms with Crippen molar-refractivity contribution in [2.75, 3.05) is 17.6 Å². The molecule has 0 bridgehead atoms. The average Bonchev–Trinajstić information content (AvgIpc) is 2.46. The van der Waals surface area contributed by atoms with Crippen molar-refractivity contribution in [3.8, 4) is 0 Å². The number of nitrogens with zero attached hydrogens (tertiary/aromatic N) is 1. The van der Waals surface area contributed by atoms with Crippen LogP contribution in [-0.4, -0.2) is 22.6 Å². The second-order valence-electron chi connectivity index (χ2n) is 5.37. The molecular formula is C16H27N3O2. The van der Waals surface area contributed by atoms with E-state index in [4.69, 9.17) is 10.8 Å². The molecular weight excluding hydrogens is 266 g/mol. The molecule has 0 saturated heterocycles. The first kappa shape index (κ1) is 17.3. The number of pyridine rings is 1. The lowest BCUT2D eigenvalue weighted by molar-refractivity contribution is 0.0696. The zero-order chi connectivity index (χ0) is 15.5. The molecule has 0 aliphatic rings. The molecule has 1 aromatic rings. The maximum absolute atomic E-state index is 10.8. The number of aromatic carboxylic acids is 1. The lowest BCUT2D eigenvalue weighted by Gasteiger charge is -2.08. The van der Waals surface area contributed by atoms with E-state index in [0.717, 1.165) is 13.0 Å². The third-order valence-corrected chi connectivity index (χ3v) is 3.49. The molecule has 1 rings (SSSR count). The minimum atomic E-state index is -1.01. The summed E-state index contributed by atoms with van der Waals surface area (Å²) in [7, 11) is 0. The number of aromatic nitrogens is 1. The predicted molar refractivity (Wildman–Crippen MR) is 86.7 cm³/mol. The van der Waals surface area contributed by atoms with E-state index in [1.54, 1.807) is 0 Å². The number of carbonyl (C=O) groups is 1. The summed E-state index contributed by atoms with van der Waals surface area (Å²) >= 11 is 0. The maximum Gasteiger partial charge on any atom is 0.337 e. The van der Waals surface area contributed by atoms with E-state index >= 15 is 0 Å². The largest absolute Gasteiger partial charge is 0.478 e. The lowest BCUT2D eigenvalue weighted by Crippen LogP contribution is -2.08. The van der Waals surface area contributed by atoms with Crippen LogP contribution in [-0.2, 0) is 0 Å². The van der Waals surface area contributed by atoms with Crippen molar-refractivity contribution >= 4 is 17.5 Å². The number of anilines is 2. The number of nitrogen functional groups attached to an aromatic ring is 1. The minimum Gasteiger partial charge on any atom is -0.478 e. The molecule has 0 atom stereocenters. The number of hydrogen-bond acceptors (Lipinski definition) is 4. The van der Waals surface area contributed by atoms with Gasteiger partial charge in [-0.15, -0.1) is 0 Å². The molecule has 5 nitrogen and oxygen atoms in total. The summed E-state index contributed by atoms with van der Waals surface area (Å²) in [6.45, 7) is 3.05. The smallest absolute Gasteiger partial charge is 0.337 e. The van der Waals surface area contributed by atoms with E-state index < -0.39 is 5.97 Å². The topological polar surface area (TPSA) is 88.2 Å². The molecule has 5 heteroatoms. The Bertz CT molecular complexity index is 436. The van der Waals surface area contributed by atoms with E-state index in [2.05, 4.69) is 17.2 Å². The summed E-state index contributed by atoms with van der Waals surface area (Å²) in [4.78, 5) is 14.8. The molecule has 1 heterocycles. The van der Waals surface area contributed by atoms with Gasteiger partial charge in [-0.2, -0.15) is 0 Å². The summed E-state index contributed by atoms with van der Waals surface area (Å²) < 4.78 is 0. The Labute approximate surface area is 127 Å². The van der Waals surface area contributed by atoms with Crippen LogP contribution < -0.4 is 11.1 Å². The standard InChI is InChI=1S/C16H27N3O2/c1-2-3-4-5-6-7-8-9-10-18-15-14(17)11-13(12-19-15)16(20)21/h11-12H,2-10,17H2,1H3,(H,18,19)(H,20,21). The quantitative estimate of drug-likeness (QED) is 0.538. The van der Waals surface area contributed by atoms with Crippen LogP contribution in [0.4, 0.5) is 11.5 Å².